The van der Waals surface area contributed by atoms with E-state index in [9.17, 15) is 5.21 Å². The van der Waals surface area contributed by atoms with E-state index in [2.05, 4.69) is 19.0 Å². The van der Waals surface area contributed by atoms with Crippen LogP contribution >= 0.6 is 0 Å². The van der Waals surface area contributed by atoms with Crippen LogP contribution < -0.4 is 9.47 Å². The highest BCUT2D eigenvalue weighted by Gasteiger charge is 2.05. The summed E-state index contributed by atoms with van der Waals surface area (Å²) in [5.41, 5.74) is 1.05. The van der Waals surface area contributed by atoms with Gasteiger partial charge in [-0.25, -0.2) is 0 Å². The minimum absolute atomic E-state index is 0.464. The van der Waals surface area contributed by atoms with Crippen LogP contribution in [0, 0.1) is 5.21 Å². The van der Waals surface area contributed by atoms with E-state index in [1.165, 1.54) is 25.7 Å². The highest BCUT2D eigenvalue weighted by atomic mass is 16.5. The van der Waals surface area contributed by atoms with Crippen molar-refractivity contribution in [3.05, 3.63) is 53.7 Å². The first-order chi connectivity index (χ1) is 13.2. The molecule has 0 fully saturated rings. The lowest BCUT2D eigenvalue weighted by molar-refractivity contribution is -0.435. The smallest absolute Gasteiger partial charge is 0.245 e. The zero-order chi connectivity index (χ0) is 19.3. The van der Waals surface area contributed by atoms with E-state index in [-0.39, 0.29) is 0 Å². The first kappa shape index (κ1) is 20.7. The molecule has 0 atom stereocenters. The van der Waals surface area contributed by atoms with Crippen LogP contribution in [-0.4, -0.2) is 18.1 Å². The molecule has 0 saturated carbocycles. The van der Waals surface area contributed by atoms with Crippen molar-refractivity contribution in [1.82, 2.24) is 0 Å². The second kappa shape index (κ2) is 11.9. The number of hydrogen-bond donors (Lipinski definition) is 0. The topological polar surface area (TPSA) is 56.9 Å². The van der Waals surface area contributed by atoms with Gasteiger partial charge in [0.2, 0.25) is 5.69 Å². The van der Waals surface area contributed by atoms with Gasteiger partial charge in [0.15, 0.2) is 0 Å². The van der Waals surface area contributed by atoms with Crippen molar-refractivity contribution in [2.24, 2.45) is 5.11 Å². The number of nitrogens with zero attached hydrogens (tertiary/aromatic N) is 2. The second-order valence-electron chi connectivity index (χ2n) is 6.47. The molecular formula is C22H30N2O3. The molecule has 146 valence electrons. The van der Waals surface area contributed by atoms with Gasteiger partial charge in [0.25, 0.3) is 0 Å². The molecule has 0 aliphatic rings. The standard InChI is InChI=1S/C22H30N2O3/c1-3-5-6-7-8-18-27-21-13-9-19(10-14-21)23-24(25)20-11-15-22(16-12-20)26-17-4-2/h9-16H,3-8,17-18H2,1-2H3. The number of benzene rings is 2. The summed E-state index contributed by atoms with van der Waals surface area (Å²) in [6.07, 6.45) is 7.02. The Morgan fingerprint density at radius 3 is 1.96 bits per heavy atom. The van der Waals surface area contributed by atoms with Gasteiger partial charge in [-0.2, -0.15) is 0 Å². The molecule has 0 spiro atoms. The predicted octanol–water partition coefficient (Wildman–Crippen LogP) is 6.75. The lowest BCUT2D eigenvalue weighted by Crippen LogP contribution is -1.97. The molecule has 5 nitrogen and oxygen atoms in total. The van der Waals surface area contributed by atoms with Crippen LogP contribution in [0.25, 0.3) is 0 Å². The van der Waals surface area contributed by atoms with Gasteiger partial charge in [0, 0.05) is 17.2 Å². The third kappa shape index (κ3) is 7.69. The first-order valence-corrected chi connectivity index (χ1v) is 9.87. The van der Waals surface area contributed by atoms with Crippen LogP contribution in [0.5, 0.6) is 11.5 Å². The molecule has 0 aliphatic heterocycles. The van der Waals surface area contributed by atoms with E-state index in [1.54, 1.807) is 36.4 Å². The van der Waals surface area contributed by atoms with Crippen molar-refractivity contribution in [3.8, 4) is 11.5 Å². The van der Waals surface area contributed by atoms with Gasteiger partial charge in [-0.3, -0.25) is 0 Å². The Morgan fingerprint density at radius 1 is 0.741 bits per heavy atom. The molecule has 0 aliphatic carbocycles. The molecule has 0 bridgehead atoms. The van der Waals surface area contributed by atoms with E-state index in [4.69, 9.17) is 9.47 Å². The summed E-state index contributed by atoms with van der Waals surface area (Å²) in [7, 11) is 0. The van der Waals surface area contributed by atoms with Crippen molar-refractivity contribution in [3.63, 3.8) is 0 Å². The zero-order valence-corrected chi connectivity index (χ0v) is 16.4. The summed E-state index contributed by atoms with van der Waals surface area (Å²) in [4.78, 5) is 0.618. The van der Waals surface area contributed by atoms with Crippen LogP contribution in [0.2, 0.25) is 0 Å². The van der Waals surface area contributed by atoms with E-state index >= 15 is 0 Å². The lowest BCUT2D eigenvalue weighted by atomic mass is 10.2. The Morgan fingerprint density at radius 2 is 1.33 bits per heavy atom. The quantitative estimate of drug-likeness (QED) is 0.180. The largest absolute Gasteiger partial charge is 0.594 e. The average Bonchev–Trinajstić information content (AvgIpc) is 2.70. The first-order valence-electron chi connectivity index (χ1n) is 9.87. The van der Waals surface area contributed by atoms with Crippen LogP contribution in [0.15, 0.2) is 53.6 Å². The fourth-order valence-corrected chi connectivity index (χ4v) is 2.56. The number of rotatable bonds is 12. The van der Waals surface area contributed by atoms with Crippen LogP contribution in [0.1, 0.15) is 52.4 Å². The number of azo groups is 1. The van der Waals surface area contributed by atoms with Gasteiger partial charge in [-0.1, -0.05) is 44.4 Å². The second-order valence-corrected chi connectivity index (χ2v) is 6.47. The van der Waals surface area contributed by atoms with Gasteiger partial charge >= 0.3 is 0 Å². The monoisotopic (exact) mass is 370 g/mol. The third-order valence-electron chi connectivity index (χ3n) is 4.09. The summed E-state index contributed by atoms with van der Waals surface area (Å²) in [6, 6.07) is 14.2. The molecule has 27 heavy (non-hydrogen) atoms. The maximum absolute atomic E-state index is 12.2. The van der Waals surface area contributed by atoms with Crippen LogP contribution in [0.3, 0.4) is 0 Å². The number of hydrogen-bond acceptors (Lipinski definition) is 4. The molecule has 0 radical (unpaired) electrons. The van der Waals surface area contributed by atoms with Crippen molar-refractivity contribution >= 4 is 11.4 Å². The van der Waals surface area contributed by atoms with Crippen molar-refractivity contribution in [1.29, 1.82) is 0 Å². The predicted molar refractivity (Wildman–Crippen MR) is 108 cm³/mol. The number of unbranched alkanes of at least 4 members (excludes halogenated alkanes) is 4. The Bertz CT molecular complexity index is 682. The molecule has 0 N–H and O–H groups in total. The van der Waals surface area contributed by atoms with Crippen molar-refractivity contribution < 1.29 is 14.3 Å². The fourth-order valence-electron chi connectivity index (χ4n) is 2.56. The van der Waals surface area contributed by atoms with Gasteiger partial charge in [0.1, 0.15) is 17.2 Å². The van der Waals surface area contributed by atoms with E-state index < -0.39 is 0 Å². The van der Waals surface area contributed by atoms with Crippen LogP contribution in [0.4, 0.5) is 11.4 Å². The Hall–Kier alpha value is -2.56. The molecule has 0 saturated heterocycles. The van der Waals surface area contributed by atoms with E-state index in [1.807, 2.05) is 12.1 Å². The summed E-state index contributed by atoms with van der Waals surface area (Å²) < 4.78 is 11.2. The average molecular weight is 370 g/mol. The van der Waals surface area contributed by atoms with Gasteiger partial charge in [-0.05, 0) is 49.2 Å². The minimum atomic E-state index is 0.464. The minimum Gasteiger partial charge on any atom is -0.594 e. The summed E-state index contributed by atoms with van der Waals surface area (Å²) in [5.74, 6) is 1.56. The SMILES string of the molecule is CCCCCCCOc1ccc(N=[N+]([O-])c2ccc(OCCC)cc2)cc1. The summed E-state index contributed by atoms with van der Waals surface area (Å²) in [6.45, 7) is 5.65. The maximum atomic E-state index is 12.2. The van der Waals surface area contributed by atoms with Crippen molar-refractivity contribution in [2.45, 2.75) is 52.4 Å². The molecule has 2 aromatic rings. The highest BCUT2D eigenvalue weighted by Crippen LogP contribution is 2.23. The fraction of sp³-hybridized carbons (Fsp3) is 0.455. The zero-order valence-electron chi connectivity index (χ0n) is 16.4. The Balaban J connectivity index is 1.84. The Kier molecular flexibility index (Phi) is 9.18. The molecular weight excluding hydrogens is 340 g/mol. The lowest BCUT2D eigenvalue weighted by Gasteiger charge is -2.06. The molecule has 0 heterocycles. The van der Waals surface area contributed by atoms with E-state index in [0.717, 1.165) is 30.9 Å². The van der Waals surface area contributed by atoms with Crippen molar-refractivity contribution in [2.75, 3.05) is 13.2 Å². The van der Waals surface area contributed by atoms with E-state index in [0.29, 0.717) is 22.8 Å². The third-order valence-corrected chi connectivity index (χ3v) is 4.09. The normalized spacial score (nSPS) is 11.4. The molecule has 2 aromatic carbocycles. The maximum Gasteiger partial charge on any atom is 0.245 e. The van der Waals surface area contributed by atoms with Gasteiger partial charge in [0.05, 0.1) is 13.2 Å². The highest BCUT2D eigenvalue weighted by molar-refractivity contribution is 5.41. The number of ether oxygens (including phenoxy) is 2. The molecule has 0 aromatic heterocycles. The molecule has 0 amide bonds. The van der Waals surface area contributed by atoms with Gasteiger partial charge < -0.3 is 14.7 Å². The molecule has 2 rings (SSSR count). The Labute approximate surface area is 162 Å². The molecule has 0 unspecified atom stereocenters. The van der Waals surface area contributed by atoms with Gasteiger partial charge in [-0.15, -0.1) is 0 Å². The van der Waals surface area contributed by atoms with Crippen LogP contribution in [-0.2, 0) is 0 Å². The summed E-state index contributed by atoms with van der Waals surface area (Å²) in [5, 5.41) is 16.3. The summed E-state index contributed by atoms with van der Waals surface area (Å²) >= 11 is 0. The molecule has 5 heteroatoms.